The number of aliphatic carboxylic acids is 1. The Morgan fingerprint density at radius 1 is 1.53 bits per heavy atom. The van der Waals surface area contributed by atoms with Crippen molar-refractivity contribution in [3.05, 3.63) is 27.9 Å². The summed E-state index contributed by atoms with van der Waals surface area (Å²) in [6.45, 7) is -0.398. The van der Waals surface area contributed by atoms with Gasteiger partial charge in [-0.1, -0.05) is 0 Å². The van der Waals surface area contributed by atoms with E-state index in [-0.39, 0.29) is 17.9 Å². The van der Waals surface area contributed by atoms with E-state index in [0.29, 0.717) is 0 Å². The Hall–Kier alpha value is -2.42. The first kappa shape index (κ1) is 14.6. The molecule has 0 unspecified atom stereocenters. The summed E-state index contributed by atoms with van der Waals surface area (Å²) in [4.78, 5) is 32.6. The third kappa shape index (κ3) is 3.28. The smallest absolute Gasteiger partial charge is 0.326 e. The Bertz CT molecular complexity index is 509. The summed E-state index contributed by atoms with van der Waals surface area (Å²) in [5.74, 6) is -2.32. The van der Waals surface area contributed by atoms with Crippen molar-refractivity contribution in [2.45, 2.75) is 12.5 Å². The number of aliphatic hydroxyl groups excluding tert-OH is 1. The number of carboxylic acid groups (broad SMARTS) is 1. The Balaban J connectivity index is 2.89. The first-order valence-corrected chi connectivity index (χ1v) is 5.33. The van der Waals surface area contributed by atoms with Crippen LogP contribution in [-0.4, -0.2) is 44.2 Å². The number of rotatable bonds is 6. The number of nitro groups is 1. The molecule has 9 nitrogen and oxygen atoms in total. The van der Waals surface area contributed by atoms with Crippen molar-refractivity contribution in [3.8, 4) is 0 Å². The topological polar surface area (TPSA) is 135 Å². The highest BCUT2D eigenvalue weighted by atomic mass is 16.6. The van der Waals surface area contributed by atoms with Gasteiger partial charge in [0.15, 0.2) is 5.69 Å². The lowest BCUT2D eigenvalue weighted by molar-refractivity contribution is -0.391. The number of hydrogen-bond acceptors (Lipinski definition) is 5. The van der Waals surface area contributed by atoms with Gasteiger partial charge in [0.1, 0.15) is 6.04 Å². The van der Waals surface area contributed by atoms with Crippen LogP contribution in [0.4, 0.5) is 5.82 Å². The zero-order valence-electron chi connectivity index (χ0n) is 10.1. The van der Waals surface area contributed by atoms with Gasteiger partial charge >= 0.3 is 11.8 Å². The van der Waals surface area contributed by atoms with Crippen molar-refractivity contribution in [3.63, 3.8) is 0 Å². The van der Waals surface area contributed by atoms with Gasteiger partial charge in [0.2, 0.25) is 0 Å². The number of hydrogen-bond donors (Lipinski definition) is 3. The number of carbonyl (C=O) groups is 2. The Kier molecular flexibility index (Phi) is 4.59. The van der Waals surface area contributed by atoms with Gasteiger partial charge < -0.3 is 25.6 Å². The monoisotopic (exact) mass is 271 g/mol. The molecule has 1 heterocycles. The summed E-state index contributed by atoms with van der Waals surface area (Å²) in [6.07, 6.45) is -0.145. The van der Waals surface area contributed by atoms with Crippen LogP contribution in [0.15, 0.2) is 12.1 Å². The van der Waals surface area contributed by atoms with E-state index < -0.39 is 29.4 Å². The second-order valence-corrected chi connectivity index (χ2v) is 3.77. The summed E-state index contributed by atoms with van der Waals surface area (Å²) in [6, 6.07) is 1.13. The fraction of sp³-hybridized carbons (Fsp3) is 0.400. The SMILES string of the molecule is Cn1c(C(=O)N[C@H](CCO)C(=O)O)ccc1[N+](=O)[O-]. The first-order valence-electron chi connectivity index (χ1n) is 5.33. The molecule has 1 atom stereocenters. The summed E-state index contributed by atoms with van der Waals surface area (Å²) < 4.78 is 1.05. The Morgan fingerprint density at radius 2 is 2.16 bits per heavy atom. The molecule has 0 radical (unpaired) electrons. The molecule has 1 aromatic heterocycles. The van der Waals surface area contributed by atoms with E-state index in [1.165, 1.54) is 13.1 Å². The minimum absolute atomic E-state index is 0.0316. The van der Waals surface area contributed by atoms with Gasteiger partial charge in [0.25, 0.3) is 5.91 Å². The van der Waals surface area contributed by atoms with Crippen LogP contribution in [0, 0.1) is 10.1 Å². The van der Waals surface area contributed by atoms with Gasteiger partial charge in [-0.25, -0.2) is 9.36 Å². The molecule has 19 heavy (non-hydrogen) atoms. The highest BCUT2D eigenvalue weighted by Crippen LogP contribution is 2.15. The summed E-state index contributed by atoms with van der Waals surface area (Å²) in [5.41, 5.74) is -0.0316. The summed E-state index contributed by atoms with van der Waals surface area (Å²) in [7, 11) is 1.33. The summed E-state index contributed by atoms with van der Waals surface area (Å²) in [5, 5.41) is 30.3. The lowest BCUT2D eigenvalue weighted by Crippen LogP contribution is -2.42. The van der Waals surface area contributed by atoms with Crippen molar-refractivity contribution >= 4 is 17.7 Å². The van der Waals surface area contributed by atoms with Crippen LogP contribution in [0.25, 0.3) is 0 Å². The Labute approximate surface area is 107 Å². The van der Waals surface area contributed by atoms with Crippen molar-refractivity contribution in [1.82, 2.24) is 9.88 Å². The minimum Gasteiger partial charge on any atom is -0.480 e. The minimum atomic E-state index is -1.29. The lowest BCUT2D eigenvalue weighted by Gasteiger charge is -2.12. The molecule has 0 aliphatic heterocycles. The molecule has 1 rings (SSSR count). The van der Waals surface area contributed by atoms with Crippen LogP contribution in [0.5, 0.6) is 0 Å². The number of nitrogens with zero attached hydrogens (tertiary/aromatic N) is 2. The second kappa shape index (κ2) is 5.96. The molecule has 0 aliphatic rings. The molecule has 1 aromatic rings. The number of amides is 1. The molecule has 0 spiro atoms. The zero-order chi connectivity index (χ0) is 14.6. The predicted octanol–water partition coefficient (Wildman–Crippen LogP) is -0.501. The average Bonchev–Trinajstić information content (AvgIpc) is 2.70. The van der Waals surface area contributed by atoms with E-state index in [1.54, 1.807) is 0 Å². The van der Waals surface area contributed by atoms with Gasteiger partial charge in [-0.05, 0) is 11.0 Å². The third-order valence-corrected chi connectivity index (χ3v) is 2.54. The maximum Gasteiger partial charge on any atom is 0.326 e. The van der Waals surface area contributed by atoms with Crippen molar-refractivity contribution in [1.29, 1.82) is 0 Å². The maximum absolute atomic E-state index is 11.8. The fourth-order valence-electron chi connectivity index (χ4n) is 1.53. The molecular weight excluding hydrogens is 258 g/mol. The number of aromatic nitrogens is 1. The van der Waals surface area contributed by atoms with Gasteiger partial charge in [-0.15, -0.1) is 0 Å². The fourth-order valence-corrected chi connectivity index (χ4v) is 1.53. The van der Waals surface area contributed by atoms with E-state index in [9.17, 15) is 19.7 Å². The van der Waals surface area contributed by atoms with Gasteiger partial charge in [-0.2, -0.15) is 0 Å². The maximum atomic E-state index is 11.8. The van der Waals surface area contributed by atoms with E-state index >= 15 is 0 Å². The molecule has 104 valence electrons. The van der Waals surface area contributed by atoms with E-state index in [1.807, 2.05) is 0 Å². The van der Waals surface area contributed by atoms with Gasteiger partial charge in [-0.3, -0.25) is 4.79 Å². The van der Waals surface area contributed by atoms with Crippen LogP contribution < -0.4 is 5.32 Å². The number of carbonyl (C=O) groups excluding carboxylic acids is 1. The van der Waals surface area contributed by atoms with Crippen LogP contribution in [0.2, 0.25) is 0 Å². The predicted molar refractivity (Wildman–Crippen MR) is 62.7 cm³/mol. The number of carboxylic acids is 1. The molecule has 1 amide bonds. The van der Waals surface area contributed by atoms with E-state index in [2.05, 4.69) is 5.32 Å². The van der Waals surface area contributed by atoms with Gasteiger partial charge in [0.05, 0.1) is 7.05 Å². The molecule has 9 heteroatoms. The third-order valence-electron chi connectivity index (χ3n) is 2.54. The molecule has 0 saturated carbocycles. The highest BCUT2D eigenvalue weighted by molar-refractivity contribution is 5.95. The van der Waals surface area contributed by atoms with E-state index in [0.717, 1.165) is 10.6 Å². The first-order chi connectivity index (χ1) is 8.88. The molecule has 0 saturated heterocycles. The average molecular weight is 271 g/mol. The van der Waals surface area contributed by atoms with Crippen LogP contribution in [0.1, 0.15) is 16.9 Å². The normalized spacial score (nSPS) is 11.9. The van der Waals surface area contributed by atoms with Crippen molar-refractivity contribution in [2.24, 2.45) is 7.05 Å². The number of aliphatic hydroxyl groups is 1. The largest absolute Gasteiger partial charge is 0.480 e. The molecule has 0 fully saturated rings. The molecule has 0 bridgehead atoms. The number of nitrogens with one attached hydrogen (secondary N) is 1. The van der Waals surface area contributed by atoms with Crippen LogP contribution >= 0.6 is 0 Å². The quantitative estimate of drug-likeness (QED) is 0.471. The van der Waals surface area contributed by atoms with Crippen LogP contribution in [0.3, 0.4) is 0 Å². The summed E-state index contributed by atoms with van der Waals surface area (Å²) >= 11 is 0. The highest BCUT2D eigenvalue weighted by Gasteiger charge is 2.25. The molecule has 3 N–H and O–H groups in total. The second-order valence-electron chi connectivity index (χ2n) is 3.77. The van der Waals surface area contributed by atoms with Crippen LogP contribution in [-0.2, 0) is 11.8 Å². The molecular formula is C10H13N3O6. The van der Waals surface area contributed by atoms with Gasteiger partial charge in [0, 0.05) is 19.1 Å². The van der Waals surface area contributed by atoms with Crippen molar-refractivity contribution in [2.75, 3.05) is 6.61 Å². The lowest BCUT2D eigenvalue weighted by atomic mass is 10.2. The molecule has 0 aliphatic carbocycles. The van der Waals surface area contributed by atoms with Crippen molar-refractivity contribution < 1.29 is 24.7 Å². The standard InChI is InChI=1S/C10H13N3O6/c1-12-7(2-3-8(12)13(18)19)9(15)11-6(4-5-14)10(16)17/h2-3,6,14H,4-5H2,1H3,(H,11,15)(H,16,17)/t6-/m1/s1. The molecule has 0 aromatic carbocycles. The Morgan fingerprint density at radius 3 is 2.58 bits per heavy atom. The zero-order valence-corrected chi connectivity index (χ0v) is 10.1. The van der Waals surface area contributed by atoms with E-state index in [4.69, 9.17) is 10.2 Å².